The van der Waals surface area contributed by atoms with Crippen molar-refractivity contribution < 1.29 is 14.6 Å². The van der Waals surface area contributed by atoms with Crippen molar-refractivity contribution in [3.63, 3.8) is 0 Å². The van der Waals surface area contributed by atoms with Crippen LogP contribution in [-0.2, 0) is 0 Å². The Labute approximate surface area is 182 Å². The monoisotopic (exact) mass is 427 g/mol. The second-order valence-electron chi connectivity index (χ2n) is 7.60. The Morgan fingerprint density at radius 1 is 0.871 bits per heavy atom. The lowest BCUT2D eigenvalue weighted by atomic mass is 9.99. The number of non-ortho nitro benzene ring substituents is 2. The second-order valence-corrected chi connectivity index (χ2v) is 7.60. The highest BCUT2D eigenvalue weighted by Crippen LogP contribution is 2.25. The number of benzene rings is 2. The maximum absolute atomic E-state index is 12.8. The molecule has 0 heterocycles. The summed E-state index contributed by atoms with van der Waals surface area (Å²) in [4.78, 5) is 33.6. The lowest BCUT2D eigenvalue weighted by molar-refractivity contribution is -0.394. The van der Waals surface area contributed by atoms with Crippen molar-refractivity contribution in [2.24, 2.45) is 0 Å². The van der Waals surface area contributed by atoms with Crippen LogP contribution in [0.1, 0.15) is 80.3 Å². The summed E-state index contributed by atoms with van der Waals surface area (Å²) in [5.74, 6) is -0.566. The van der Waals surface area contributed by atoms with Crippen LogP contribution in [-0.4, -0.2) is 15.8 Å². The van der Waals surface area contributed by atoms with Gasteiger partial charge >= 0.3 is 0 Å². The highest BCUT2D eigenvalue weighted by atomic mass is 16.6. The number of unbranched alkanes of at least 4 members (excludes halogenated alkanes) is 6. The SMILES string of the molecule is CCCCCCCCCC(NC(=O)c1cc([N+](=O)[O-])cc([N+](=O)[O-])c1)c1ccccc1. The van der Waals surface area contributed by atoms with E-state index in [2.05, 4.69) is 12.2 Å². The van der Waals surface area contributed by atoms with Gasteiger partial charge in [0.25, 0.3) is 17.3 Å². The Kier molecular flexibility index (Phi) is 9.61. The number of nitro benzene ring substituents is 2. The smallest absolute Gasteiger partial charge is 0.277 e. The summed E-state index contributed by atoms with van der Waals surface area (Å²) in [5.41, 5.74) is -0.131. The number of amides is 1. The van der Waals surface area contributed by atoms with E-state index in [9.17, 15) is 25.0 Å². The van der Waals surface area contributed by atoms with Crippen LogP contribution in [0.25, 0.3) is 0 Å². The van der Waals surface area contributed by atoms with Crippen LogP contribution in [0, 0.1) is 20.2 Å². The topological polar surface area (TPSA) is 115 Å². The van der Waals surface area contributed by atoms with Gasteiger partial charge in [-0.1, -0.05) is 82.2 Å². The number of hydrogen-bond donors (Lipinski definition) is 1. The van der Waals surface area contributed by atoms with Crippen molar-refractivity contribution in [1.29, 1.82) is 0 Å². The van der Waals surface area contributed by atoms with Gasteiger partial charge in [-0.15, -0.1) is 0 Å². The third-order valence-electron chi connectivity index (χ3n) is 5.19. The summed E-state index contributed by atoms with van der Waals surface area (Å²) in [5, 5.41) is 25.1. The van der Waals surface area contributed by atoms with Crippen LogP contribution in [0.2, 0.25) is 0 Å². The molecule has 0 spiro atoms. The molecule has 166 valence electrons. The molecule has 2 rings (SSSR count). The first-order chi connectivity index (χ1) is 14.9. The summed E-state index contributed by atoms with van der Waals surface area (Å²) < 4.78 is 0. The number of nitrogens with zero attached hydrogens (tertiary/aromatic N) is 2. The van der Waals surface area contributed by atoms with Gasteiger partial charge < -0.3 is 5.32 Å². The molecule has 2 aromatic carbocycles. The Balaban J connectivity index is 2.10. The Morgan fingerprint density at radius 3 is 1.97 bits per heavy atom. The molecule has 0 aliphatic heterocycles. The van der Waals surface area contributed by atoms with Crippen molar-refractivity contribution in [3.05, 3.63) is 79.9 Å². The summed E-state index contributed by atoms with van der Waals surface area (Å²) in [6, 6.07) is 12.2. The summed E-state index contributed by atoms with van der Waals surface area (Å²) in [6.45, 7) is 2.18. The first-order valence-electron chi connectivity index (χ1n) is 10.7. The van der Waals surface area contributed by atoms with E-state index in [0.717, 1.165) is 49.4 Å². The van der Waals surface area contributed by atoms with E-state index in [1.165, 1.54) is 25.7 Å². The fourth-order valence-electron chi connectivity index (χ4n) is 3.49. The molecule has 0 bridgehead atoms. The van der Waals surface area contributed by atoms with Crippen molar-refractivity contribution in [3.8, 4) is 0 Å². The predicted molar refractivity (Wildman–Crippen MR) is 119 cm³/mol. The maximum atomic E-state index is 12.8. The van der Waals surface area contributed by atoms with Gasteiger partial charge in [0.1, 0.15) is 0 Å². The summed E-state index contributed by atoms with van der Waals surface area (Å²) >= 11 is 0. The fraction of sp³-hybridized carbons (Fsp3) is 0.435. The summed E-state index contributed by atoms with van der Waals surface area (Å²) in [7, 11) is 0. The molecule has 1 N–H and O–H groups in total. The van der Waals surface area contributed by atoms with Gasteiger partial charge in [0, 0.05) is 12.1 Å². The number of hydrogen-bond acceptors (Lipinski definition) is 5. The third kappa shape index (κ3) is 7.81. The molecule has 1 atom stereocenters. The van der Waals surface area contributed by atoms with E-state index < -0.39 is 27.1 Å². The molecule has 8 heteroatoms. The maximum Gasteiger partial charge on any atom is 0.277 e. The Bertz CT molecular complexity index is 854. The average Bonchev–Trinajstić information content (AvgIpc) is 2.77. The molecule has 1 amide bonds. The average molecular weight is 428 g/mol. The number of nitrogens with one attached hydrogen (secondary N) is 1. The fourth-order valence-corrected chi connectivity index (χ4v) is 3.49. The zero-order chi connectivity index (χ0) is 22.6. The van der Waals surface area contributed by atoms with E-state index in [-0.39, 0.29) is 11.6 Å². The lowest BCUT2D eigenvalue weighted by Crippen LogP contribution is -2.28. The van der Waals surface area contributed by atoms with Crippen molar-refractivity contribution >= 4 is 17.3 Å². The quantitative estimate of drug-likeness (QED) is 0.235. The molecule has 0 aromatic heterocycles. The number of carbonyl (C=O) groups is 1. The Hall–Kier alpha value is -3.29. The van der Waals surface area contributed by atoms with Crippen LogP contribution in [0.3, 0.4) is 0 Å². The normalized spacial score (nSPS) is 11.6. The van der Waals surface area contributed by atoms with E-state index in [4.69, 9.17) is 0 Å². The van der Waals surface area contributed by atoms with Gasteiger partial charge in [0.15, 0.2) is 0 Å². The van der Waals surface area contributed by atoms with Crippen LogP contribution >= 0.6 is 0 Å². The number of nitro groups is 2. The first kappa shape index (κ1) is 24.0. The highest BCUT2D eigenvalue weighted by Gasteiger charge is 2.22. The molecule has 0 fully saturated rings. The van der Waals surface area contributed by atoms with Gasteiger partial charge in [0.05, 0.1) is 27.5 Å². The zero-order valence-electron chi connectivity index (χ0n) is 17.8. The van der Waals surface area contributed by atoms with E-state index >= 15 is 0 Å². The van der Waals surface area contributed by atoms with E-state index in [0.29, 0.717) is 0 Å². The van der Waals surface area contributed by atoms with E-state index in [1.54, 1.807) is 0 Å². The highest BCUT2D eigenvalue weighted by molar-refractivity contribution is 5.95. The Morgan fingerprint density at radius 2 is 1.42 bits per heavy atom. The first-order valence-corrected chi connectivity index (χ1v) is 10.7. The van der Waals surface area contributed by atoms with Crippen molar-refractivity contribution in [1.82, 2.24) is 5.32 Å². The lowest BCUT2D eigenvalue weighted by Gasteiger charge is -2.19. The third-order valence-corrected chi connectivity index (χ3v) is 5.19. The van der Waals surface area contributed by atoms with Gasteiger partial charge in [-0.2, -0.15) is 0 Å². The largest absolute Gasteiger partial charge is 0.345 e. The molecular formula is C23H29N3O5. The zero-order valence-corrected chi connectivity index (χ0v) is 17.8. The molecule has 8 nitrogen and oxygen atoms in total. The molecule has 0 aliphatic carbocycles. The van der Waals surface area contributed by atoms with Gasteiger partial charge in [-0.3, -0.25) is 25.0 Å². The van der Waals surface area contributed by atoms with Crippen molar-refractivity contribution in [2.45, 2.75) is 64.3 Å². The van der Waals surface area contributed by atoms with Gasteiger partial charge in [0.2, 0.25) is 0 Å². The molecule has 1 unspecified atom stereocenters. The number of rotatable bonds is 13. The van der Waals surface area contributed by atoms with Crippen molar-refractivity contribution in [2.75, 3.05) is 0 Å². The van der Waals surface area contributed by atoms with Crippen LogP contribution < -0.4 is 5.32 Å². The molecular weight excluding hydrogens is 398 g/mol. The van der Waals surface area contributed by atoms with E-state index in [1.807, 2.05) is 30.3 Å². The van der Waals surface area contributed by atoms with Crippen LogP contribution in [0.5, 0.6) is 0 Å². The minimum absolute atomic E-state index is 0.0959. The van der Waals surface area contributed by atoms with Crippen LogP contribution in [0.15, 0.2) is 48.5 Å². The molecule has 31 heavy (non-hydrogen) atoms. The number of carbonyl (C=O) groups excluding carboxylic acids is 1. The molecule has 0 saturated carbocycles. The molecule has 0 radical (unpaired) electrons. The minimum atomic E-state index is -0.739. The second kappa shape index (κ2) is 12.4. The predicted octanol–water partition coefficient (Wildman–Crippen LogP) is 6.11. The minimum Gasteiger partial charge on any atom is -0.345 e. The van der Waals surface area contributed by atoms with Gasteiger partial charge in [-0.25, -0.2) is 0 Å². The van der Waals surface area contributed by atoms with Crippen LogP contribution in [0.4, 0.5) is 11.4 Å². The molecule has 0 aliphatic rings. The molecule has 0 saturated heterocycles. The summed E-state index contributed by atoms with van der Waals surface area (Å²) in [6.07, 6.45) is 8.75. The van der Waals surface area contributed by atoms with Gasteiger partial charge in [-0.05, 0) is 12.0 Å². The molecule has 2 aromatic rings. The standard InChI is InChI=1S/C23H29N3O5/c1-2-3-4-5-6-7-11-14-22(18-12-9-8-10-13-18)24-23(27)19-15-20(25(28)29)17-21(16-19)26(30)31/h8-10,12-13,15-17,22H,2-7,11,14H2,1H3,(H,24,27).